The lowest BCUT2D eigenvalue weighted by atomic mass is 9.69. The van der Waals surface area contributed by atoms with Gasteiger partial charge in [0.25, 0.3) is 0 Å². The molecule has 0 saturated heterocycles. The average molecular weight is 421 g/mol. The Balaban J connectivity index is 2.70. The summed E-state index contributed by atoms with van der Waals surface area (Å²) in [4.78, 5) is 0. The summed E-state index contributed by atoms with van der Waals surface area (Å²) in [6, 6.07) is 14.1. The van der Waals surface area contributed by atoms with E-state index in [1.54, 1.807) is 0 Å². The average Bonchev–Trinajstić information content (AvgIpc) is 2.57. The van der Waals surface area contributed by atoms with Crippen LogP contribution in [0.1, 0.15) is 129 Å². The summed E-state index contributed by atoms with van der Waals surface area (Å²) in [5, 5.41) is 0. The maximum absolute atomic E-state index is 2.56. The first-order valence-corrected chi connectivity index (χ1v) is 12.1. The van der Waals surface area contributed by atoms with Crippen molar-refractivity contribution in [2.24, 2.45) is 0 Å². The van der Waals surface area contributed by atoms with Crippen molar-refractivity contribution in [1.82, 2.24) is 0 Å². The highest BCUT2D eigenvalue weighted by Crippen LogP contribution is 2.42. The molecule has 0 aliphatic heterocycles. The molecule has 0 radical (unpaired) electrons. The van der Waals surface area contributed by atoms with E-state index >= 15 is 0 Å². The van der Waals surface area contributed by atoms with E-state index in [1.165, 1.54) is 33.4 Å². The van der Waals surface area contributed by atoms with E-state index in [4.69, 9.17) is 0 Å². The molecule has 172 valence electrons. The first kappa shape index (κ1) is 25.7. The molecule has 0 bridgehead atoms. The molecular formula is C31H48. The molecule has 0 spiro atoms. The maximum atomic E-state index is 2.56. The standard InChI is InChI=1S/C31H48/c1-21(18-22-16-14-15-17-24(22)28(2,3)4)23-19-26(30(8,9)10)27(31(11,12)13)20-25(23)29(5,6)7/h14-17,19-21H,18H2,1-13H3. The van der Waals surface area contributed by atoms with Crippen LogP contribution in [-0.2, 0) is 28.1 Å². The van der Waals surface area contributed by atoms with E-state index in [1.807, 2.05) is 0 Å². The SMILES string of the molecule is CC(Cc1ccccc1C(C)(C)C)c1cc(C(C)(C)C)c(C(C)(C)C)cc1C(C)(C)C. The van der Waals surface area contributed by atoms with Crippen molar-refractivity contribution in [3.05, 3.63) is 69.8 Å². The van der Waals surface area contributed by atoms with Crippen LogP contribution in [0.5, 0.6) is 0 Å². The van der Waals surface area contributed by atoms with E-state index in [2.05, 4.69) is 126 Å². The van der Waals surface area contributed by atoms with Gasteiger partial charge in [-0.25, -0.2) is 0 Å². The lowest BCUT2D eigenvalue weighted by Gasteiger charge is -2.36. The fourth-order valence-electron chi connectivity index (χ4n) is 4.78. The molecule has 0 amide bonds. The molecule has 0 heterocycles. The summed E-state index contributed by atoms with van der Waals surface area (Å²) >= 11 is 0. The van der Waals surface area contributed by atoms with Gasteiger partial charge in [0.2, 0.25) is 0 Å². The summed E-state index contributed by atoms with van der Waals surface area (Å²) in [7, 11) is 0. The van der Waals surface area contributed by atoms with Crippen LogP contribution in [0.3, 0.4) is 0 Å². The molecule has 1 unspecified atom stereocenters. The maximum Gasteiger partial charge on any atom is -0.0129 e. The Labute approximate surface area is 193 Å². The highest BCUT2D eigenvalue weighted by molar-refractivity contribution is 5.49. The minimum absolute atomic E-state index is 0.115. The third-order valence-corrected chi connectivity index (χ3v) is 6.50. The van der Waals surface area contributed by atoms with Gasteiger partial charge in [0, 0.05) is 0 Å². The lowest BCUT2D eigenvalue weighted by Crippen LogP contribution is -2.26. The fourth-order valence-corrected chi connectivity index (χ4v) is 4.78. The monoisotopic (exact) mass is 420 g/mol. The van der Waals surface area contributed by atoms with Crippen molar-refractivity contribution in [1.29, 1.82) is 0 Å². The Morgan fingerprint density at radius 2 is 0.968 bits per heavy atom. The predicted molar refractivity (Wildman–Crippen MR) is 140 cm³/mol. The number of benzene rings is 2. The molecule has 0 aliphatic rings. The van der Waals surface area contributed by atoms with Gasteiger partial charge in [0.05, 0.1) is 0 Å². The van der Waals surface area contributed by atoms with Crippen LogP contribution in [0.15, 0.2) is 36.4 Å². The van der Waals surface area contributed by atoms with Gasteiger partial charge in [-0.15, -0.1) is 0 Å². The van der Waals surface area contributed by atoms with Gasteiger partial charge in [0.1, 0.15) is 0 Å². The van der Waals surface area contributed by atoms with E-state index < -0.39 is 0 Å². The zero-order valence-electron chi connectivity index (χ0n) is 22.7. The predicted octanol–water partition coefficient (Wildman–Crippen LogP) is 9.22. The minimum atomic E-state index is 0.115. The first-order valence-electron chi connectivity index (χ1n) is 12.1. The van der Waals surface area contributed by atoms with Crippen LogP contribution < -0.4 is 0 Å². The van der Waals surface area contributed by atoms with Crippen LogP contribution in [0.4, 0.5) is 0 Å². The van der Waals surface area contributed by atoms with Gasteiger partial charge >= 0.3 is 0 Å². The van der Waals surface area contributed by atoms with Crippen LogP contribution in [0, 0.1) is 0 Å². The second-order valence-electron chi connectivity index (χ2n) is 13.7. The van der Waals surface area contributed by atoms with Gasteiger partial charge < -0.3 is 0 Å². The lowest BCUT2D eigenvalue weighted by molar-refractivity contribution is 0.516. The third kappa shape index (κ3) is 6.03. The Morgan fingerprint density at radius 3 is 1.42 bits per heavy atom. The summed E-state index contributed by atoms with van der Waals surface area (Å²) in [6.45, 7) is 30.6. The van der Waals surface area contributed by atoms with E-state index in [9.17, 15) is 0 Å². The molecule has 2 aromatic carbocycles. The molecule has 0 aromatic heterocycles. The number of rotatable bonds is 3. The first-order chi connectivity index (χ1) is 13.8. The van der Waals surface area contributed by atoms with Crippen LogP contribution in [0.2, 0.25) is 0 Å². The Bertz CT molecular complexity index is 899. The van der Waals surface area contributed by atoms with Crippen molar-refractivity contribution < 1.29 is 0 Å². The van der Waals surface area contributed by atoms with Gasteiger partial charge in [0.15, 0.2) is 0 Å². The molecule has 2 aromatic rings. The molecule has 1 atom stereocenters. The zero-order valence-corrected chi connectivity index (χ0v) is 22.7. The summed E-state index contributed by atoms with van der Waals surface area (Å²) in [5.41, 5.74) is 9.51. The van der Waals surface area contributed by atoms with Crippen molar-refractivity contribution in [2.45, 2.75) is 124 Å². The Morgan fingerprint density at radius 1 is 0.548 bits per heavy atom. The summed E-state index contributed by atoms with van der Waals surface area (Å²) in [5.74, 6) is 0.466. The molecule has 0 fully saturated rings. The van der Waals surface area contributed by atoms with Crippen molar-refractivity contribution >= 4 is 0 Å². The molecule has 0 aliphatic carbocycles. The molecule has 0 nitrogen and oxygen atoms in total. The quantitative estimate of drug-likeness (QED) is 0.464. The van der Waals surface area contributed by atoms with Crippen molar-refractivity contribution in [3.8, 4) is 0 Å². The smallest absolute Gasteiger partial charge is 0.0129 e. The molecule has 0 N–H and O–H groups in total. The summed E-state index contributed by atoms with van der Waals surface area (Å²) < 4.78 is 0. The summed E-state index contributed by atoms with van der Waals surface area (Å²) in [6.07, 6.45) is 1.08. The Kier molecular flexibility index (Phi) is 6.98. The van der Waals surface area contributed by atoms with Gasteiger partial charge in [-0.2, -0.15) is 0 Å². The molecule has 0 saturated carbocycles. The second kappa shape index (κ2) is 8.42. The molecule has 0 heteroatoms. The molecular weight excluding hydrogens is 372 g/mol. The third-order valence-electron chi connectivity index (χ3n) is 6.50. The van der Waals surface area contributed by atoms with Crippen molar-refractivity contribution in [3.63, 3.8) is 0 Å². The van der Waals surface area contributed by atoms with Gasteiger partial charge in [-0.1, -0.05) is 126 Å². The van der Waals surface area contributed by atoms with E-state index in [-0.39, 0.29) is 21.7 Å². The topological polar surface area (TPSA) is 0 Å². The van der Waals surface area contributed by atoms with E-state index in [0.29, 0.717) is 5.92 Å². The molecule has 2 rings (SSSR count). The number of hydrogen-bond donors (Lipinski definition) is 0. The van der Waals surface area contributed by atoms with Crippen molar-refractivity contribution in [2.75, 3.05) is 0 Å². The van der Waals surface area contributed by atoms with E-state index in [0.717, 1.165) is 6.42 Å². The minimum Gasteiger partial charge on any atom is -0.0620 e. The van der Waals surface area contributed by atoms with Crippen LogP contribution in [-0.4, -0.2) is 0 Å². The highest BCUT2D eigenvalue weighted by Gasteiger charge is 2.31. The normalized spacial score (nSPS) is 14.6. The zero-order chi connectivity index (χ0) is 24.0. The largest absolute Gasteiger partial charge is 0.0620 e. The van der Waals surface area contributed by atoms with Gasteiger partial charge in [-0.3, -0.25) is 0 Å². The van der Waals surface area contributed by atoms with Gasteiger partial charge in [-0.05, 0) is 67.4 Å². The number of hydrogen-bond acceptors (Lipinski definition) is 0. The second-order valence-corrected chi connectivity index (χ2v) is 13.7. The van der Waals surface area contributed by atoms with Crippen LogP contribution in [0.25, 0.3) is 0 Å². The Hall–Kier alpha value is -1.56. The fraction of sp³-hybridized carbons (Fsp3) is 0.613. The van der Waals surface area contributed by atoms with Crippen LogP contribution >= 0.6 is 0 Å². The molecule has 31 heavy (non-hydrogen) atoms. The highest BCUT2D eigenvalue weighted by atomic mass is 14.4.